The number of ether oxygens (including phenoxy) is 1. The summed E-state index contributed by atoms with van der Waals surface area (Å²) >= 11 is 0. The molecule has 0 aliphatic carbocycles. The first kappa shape index (κ1) is 16.4. The molecule has 2 aliphatic rings. The van der Waals surface area contributed by atoms with Gasteiger partial charge in [0.2, 0.25) is 5.91 Å². The van der Waals surface area contributed by atoms with Gasteiger partial charge in [0.25, 0.3) is 0 Å². The molecule has 1 aromatic rings. The highest BCUT2D eigenvalue weighted by atomic mass is 19.1. The second kappa shape index (κ2) is 6.57. The molecule has 2 fully saturated rings. The minimum Gasteiger partial charge on any atom is -0.390 e. The van der Waals surface area contributed by atoms with E-state index in [4.69, 9.17) is 4.74 Å². The second-order valence-corrected chi connectivity index (χ2v) is 6.70. The fourth-order valence-corrected chi connectivity index (χ4v) is 3.66. The molecule has 1 atom stereocenters. The zero-order valence-corrected chi connectivity index (χ0v) is 13.6. The Morgan fingerprint density at radius 2 is 2.17 bits per heavy atom. The molecule has 0 bridgehead atoms. The van der Waals surface area contributed by atoms with Crippen LogP contribution in [0, 0.1) is 12.7 Å². The lowest BCUT2D eigenvalue weighted by atomic mass is 9.82. The molecule has 1 spiro atoms. The summed E-state index contributed by atoms with van der Waals surface area (Å²) in [5, 5.41) is 10.2. The highest BCUT2D eigenvalue weighted by molar-refractivity contribution is 5.79. The third-order valence-electron chi connectivity index (χ3n) is 5.23. The summed E-state index contributed by atoms with van der Waals surface area (Å²) in [4.78, 5) is 14.3. The van der Waals surface area contributed by atoms with Crippen molar-refractivity contribution < 1.29 is 19.0 Å². The number of likely N-dealkylation sites (tertiary alicyclic amines) is 1. The quantitative estimate of drug-likeness (QED) is 0.908. The van der Waals surface area contributed by atoms with Crippen LogP contribution in [-0.2, 0) is 16.0 Å². The molecule has 5 heteroatoms. The number of aliphatic hydroxyl groups excluding tert-OH is 1. The maximum atomic E-state index is 13.1. The Balaban J connectivity index is 1.60. The van der Waals surface area contributed by atoms with E-state index in [0.717, 1.165) is 24.0 Å². The number of piperidine rings is 1. The summed E-state index contributed by atoms with van der Waals surface area (Å²) in [5.74, 6) is -0.220. The molecular formula is C18H24FNO3. The van der Waals surface area contributed by atoms with E-state index in [1.54, 1.807) is 6.07 Å². The number of aryl methyl sites for hydroxylation is 1. The largest absolute Gasteiger partial charge is 0.390 e. The average Bonchev–Trinajstić information content (AvgIpc) is 2.54. The van der Waals surface area contributed by atoms with Gasteiger partial charge in [-0.3, -0.25) is 4.79 Å². The van der Waals surface area contributed by atoms with Crippen molar-refractivity contribution in [2.75, 3.05) is 19.7 Å². The number of carbonyl (C=O) groups excluding carboxylic acids is 1. The molecule has 2 heterocycles. The van der Waals surface area contributed by atoms with Gasteiger partial charge in [-0.05, 0) is 55.9 Å². The summed E-state index contributed by atoms with van der Waals surface area (Å²) in [6.45, 7) is 3.73. The molecule has 1 N–H and O–H groups in total. The maximum Gasteiger partial charge on any atom is 0.227 e. The molecule has 4 nitrogen and oxygen atoms in total. The Labute approximate surface area is 136 Å². The van der Waals surface area contributed by atoms with Crippen molar-refractivity contribution in [1.82, 2.24) is 4.90 Å². The Bertz CT molecular complexity index is 582. The van der Waals surface area contributed by atoms with E-state index in [1.165, 1.54) is 12.1 Å². The number of aliphatic hydroxyl groups is 1. The fourth-order valence-electron chi connectivity index (χ4n) is 3.66. The normalized spacial score (nSPS) is 24.0. The van der Waals surface area contributed by atoms with Gasteiger partial charge in [-0.1, -0.05) is 6.07 Å². The molecule has 1 amide bonds. The van der Waals surface area contributed by atoms with E-state index in [0.29, 0.717) is 39.0 Å². The van der Waals surface area contributed by atoms with E-state index >= 15 is 0 Å². The number of amides is 1. The van der Waals surface area contributed by atoms with Crippen LogP contribution in [0.4, 0.5) is 4.39 Å². The van der Waals surface area contributed by atoms with E-state index in [-0.39, 0.29) is 11.7 Å². The first-order valence-electron chi connectivity index (χ1n) is 8.35. The van der Waals surface area contributed by atoms with Gasteiger partial charge >= 0.3 is 0 Å². The summed E-state index contributed by atoms with van der Waals surface area (Å²) in [6, 6.07) is 4.54. The molecule has 0 unspecified atom stereocenters. The van der Waals surface area contributed by atoms with Crippen molar-refractivity contribution in [3.05, 3.63) is 35.1 Å². The van der Waals surface area contributed by atoms with Gasteiger partial charge in [0.05, 0.1) is 18.1 Å². The van der Waals surface area contributed by atoms with Crippen LogP contribution in [0.1, 0.15) is 36.8 Å². The summed E-state index contributed by atoms with van der Waals surface area (Å²) < 4.78 is 19.0. The van der Waals surface area contributed by atoms with Crippen molar-refractivity contribution >= 4 is 5.91 Å². The SMILES string of the molecule is Cc1cc(F)ccc1CC(=O)N1CCC2(CC1)OCCC[C@H]2O. The van der Waals surface area contributed by atoms with Crippen molar-refractivity contribution in [2.24, 2.45) is 0 Å². The van der Waals surface area contributed by atoms with Crippen LogP contribution in [0.25, 0.3) is 0 Å². The number of benzene rings is 1. The molecule has 0 aromatic heterocycles. The molecule has 0 radical (unpaired) electrons. The topological polar surface area (TPSA) is 49.8 Å². The second-order valence-electron chi connectivity index (χ2n) is 6.70. The van der Waals surface area contributed by atoms with Gasteiger partial charge in [0.15, 0.2) is 0 Å². The minimum atomic E-state index is -0.458. The smallest absolute Gasteiger partial charge is 0.227 e. The van der Waals surface area contributed by atoms with Gasteiger partial charge in [-0.15, -0.1) is 0 Å². The Kier molecular flexibility index (Phi) is 4.69. The predicted octanol–water partition coefficient (Wildman–Crippen LogP) is 2.21. The molecule has 2 saturated heterocycles. The van der Waals surface area contributed by atoms with Crippen molar-refractivity contribution in [3.63, 3.8) is 0 Å². The van der Waals surface area contributed by atoms with E-state index in [2.05, 4.69) is 0 Å². The molecule has 2 aliphatic heterocycles. The van der Waals surface area contributed by atoms with Crippen LogP contribution >= 0.6 is 0 Å². The van der Waals surface area contributed by atoms with Gasteiger partial charge in [-0.2, -0.15) is 0 Å². The van der Waals surface area contributed by atoms with E-state index < -0.39 is 11.7 Å². The van der Waals surface area contributed by atoms with Gasteiger partial charge < -0.3 is 14.7 Å². The van der Waals surface area contributed by atoms with Crippen LogP contribution in [0.2, 0.25) is 0 Å². The number of nitrogens with zero attached hydrogens (tertiary/aromatic N) is 1. The molecule has 1 aromatic carbocycles. The number of rotatable bonds is 2. The summed E-state index contributed by atoms with van der Waals surface area (Å²) in [6.07, 6.45) is 2.92. The Morgan fingerprint density at radius 3 is 2.83 bits per heavy atom. The molecule has 23 heavy (non-hydrogen) atoms. The lowest BCUT2D eigenvalue weighted by Crippen LogP contribution is -2.56. The first-order valence-corrected chi connectivity index (χ1v) is 8.35. The highest BCUT2D eigenvalue weighted by Crippen LogP contribution is 2.35. The summed E-state index contributed by atoms with van der Waals surface area (Å²) in [5.41, 5.74) is 1.21. The molecular weight excluding hydrogens is 297 g/mol. The number of hydrogen-bond donors (Lipinski definition) is 1. The monoisotopic (exact) mass is 321 g/mol. The van der Waals surface area contributed by atoms with E-state index in [1.807, 2.05) is 11.8 Å². The molecule has 126 valence electrons. The van der Waals surface area contributed by atoms with Gasteiger partial charge in [0.1, 0.15) is 5.82 Å². The van der Waals surface area contributed by atoms with Crippen LogP contribution in [-0.4, -0.2) is 47.3 Å². The third-order valence-corrected chi connectivity index (χ3v) is 5.23. The van der Waals surface area contributed by atoms with Crippen molar-refractivity contribution in [1.29, 1.82) is 0 Å². The Hall–Kier alpha value is -1.46. The first-order chi connectivity index (χ1) is 11.0. The molecule has 0 saturated carbocycles. The van der Waals surface area contributed by atoms with Crippen molar-refractivity contribution in [3.8, 4) is 0 Å². The van der Waals surface area contributed by atoms with Gasteiger partial charge in [0, 0.05) is 19.7 Å². The highest BCUT2D eigenvalue weighted by Gasteiger charge is 2.44. The van der Waals surface area contributed by atoms with Crippen LogP contribution in [0.3, 0.4) is 0 Å². The average molecular weight is 321 g/mol. The minimum absolute atomic E-state index is 0.0554. The fraction of sp³-hybridized carbons (Fsp3) is 0.611. The Morgan fingerprint density at radius 1 is 1.43 bits per heavy atom. The standard InChI is InChI=1S/C18H24FNO3/c1-13-11-15(19)5-4-14(13)12-17(22)20-8-6-18(7-9-20)16(21)3-2-10-23-18/h4-5,11,16,21H,2-3,6-10,12H2,1H3/t16-/m1/s1. The van der Waals surface area contributed by atoms with Crippen LogP contribution in [0.15, 0.2) is 18.2 Å². The van der Waals surface area contributed by atoms with Crippen molar-refractivity contribution in [2.45, 2.75) is 50.7 Å². The van der Waals surface area contributed by atoms with Gasteiger partial charge in [-0.25, -0.2) is 4.39 Å². The maximum absolute atomic E-state index is 13.1. The zero-order valence-electron chi connectivity index (χ0n) is 13.6. The molecule has 3 rings (SSSR count). The zero-order chi connectivity index (χ0) is 16.4. The summed E-state index contributed by atoms with van der Waals surface area (Å²) in [7, 11) is 0. The van der Waals surface area contributed by atoms with Crippen LogP contribution < -0.4 is 0 Å². The number of halogens is 1. The number of hydrogen-bond acceptors (Lipinski definition) is 3. The van der Waals surface area contributed by atoms with E-state index in [9.17, 15) is 14.3 Å². The lowest BCUT2D eigenvalue weighted by molar-refractivity contribution is -0.179. The lowest BCUT2D eigenvalue weighted by Gasteiger charge is -2.46. The third kappa shape index (κ3) is 3.40. The number of carbonyl (C=O) groups is 1. The van der Waals surface area contributed by atoms with Crippen LogP contribution in [0.5, 0.6) is 0 Å². The predicted molar refractivity (Wildman–Crippen MR) is 84.6 cm³/mol.